The molecule has 0 saturated carbocycles. The van der Waals surface area contributed by atoms with Crippen LogP contribution in [0.25, 0.3) is 11.4 Å². The summed E-state index contributed by atoms with van der Waals surface area (Å²) in [5.74, 6) is 0.521. The zero-order chi connectivity index (χ0) is 16.3. The Balaban J connectivity index is 2.43. The second kappa shape index (κ2) is 6.50. The molecule has 1 aromatic heterocycles. The first-order chi connectivity index (χ1) is 10.4. The molecular formula is C15H17F3N2O2. The average Bonchev–Trinajstić information content (AvgIpc) is 2.80. The maximum absolute atomic E-state index is 12.6. The number of benzene rings is 1. The van der Waals surface area contributed by atoms with Crippen LogP contribution in [0.15, 0.2) is 24.3 Å². The summed E-state index contributed by atoms with van der Waals surface area (Å²) in [6.45, 7) is 2.44. The summed E-state index contributed by atoms with van der Waals surface area (Å²) in [5.41, 5.74) is 1.14. The number of hydrogen-bond acceptors (Lipinski definition) is 3. The second-order valence-electron chi connectivity index (χ2n) is 4.85. The first-order valence-corrected chi connectivity index (χ1v) is 6.72. The molecular weight excluding hydrogens is 297 g/mol. The van der Waals surface area contributed by atoms with Crippen LogP contribution in [0.5, 0.6) is 0 Å². The number of hydrogen-bond donors (Lipinski definition) is 1. The van der Waals surface area contributed by atoms with Crippen molar-refractivity contribution < 1.29 is 23.0 Å². The minimum atomic E-state index is -4.36. The second-order valence-corrected chi connectivity index (χ2v) is 4.85. The quantitative estimate of drug-likeness (QED) is 0.923. The number of aliphatic hydroxyl groups excluding tert-OH is 1. The minimum absolute atomic E-state index is 0.191. The lowest BCUT2D eigenvalue weighted by atomic mass is 10.1. The van der Waals surface area contributed by atoms with Gasteiger partial charge in [0, 0.05) is 19.2 Å². The van der Waals surface area contributed by atoms with E-state index in [-0.39, 0.29) is 6.61 Å². The Morgan fingerprint density at radius 2 is 1.86 bits per heavy atom. The van der Waals surface area contributed by atoms with E-state index in [0.29, 0.717) is 35.9 Å². The highest BCUT2D eigenvalue weighted by atomic mass is 19.4. The number of imidazole rings is 1. The minimum Gasteiger partial charge on any atom is -0.390 e. The molecule has 0 aliphatic carbocycles. The Morgan fingerprint density at radius 3 is 2.36 bits per heavy atom. The number of ether oxygens (including phenoxy) is 1. The number of aromatic nitrogens is 2. The van der Waals surface area contributed by atoms with Crippen LogP contribution in [0.3, 0.4) is 0 Å². The summed E-state index contributed by atoms with van der Waals surface area (Å²) in [4.78, 5) is 4.36. The van der Waals surface area contributed by atoms with Gasteiger partial charge in [-0.25, -0.2) is 4.98 Å². The molecule has 1 heterocycles. The molecule has 4 nitrogen and oxygen atoms in total. The topological polar surface area (TPSA) is 47.3 Å². The van der Waals surface area contributed by atoms with Crippen molar-refractivity contribution >= 4 is 0 Å². The molecule has 22 heavy (non-hydrogen) atoms. The lowest BCUT2D eigenvalue weighted by Gasteiger charge is -2.11. The standard InChI is InChI=1S/C15H17F3N2O2/c1-10-13(9-21)20(7-8-22-2)14(19-10)11-3-5-12(6-4-11)15(16,17)18/h3-6,21H,7-9H2,1-2H3. The van der Waals surface area contributed by atoms with Gasteiger partial charge >= 0.3 is 6.18 Å². The largest absolute Gasteiger partial charge is 0.416 e. The van der Waals surface area contributed by atoms with Crippen molar-refractivity contribution in [2.45, 2.75) is 26.3 Å². The monoisotopic (exact) mass is 314 g/mol. The highest BCUT2D eigenvalue weighted by Crippen LogP contribution is 2.31. The molecule has 0 fully saturated rings. The molecule has 0 unspecified atom stereocenters. The van der Waals surface area contributed by atoms with Gasteiger partial charge < -0.3 is 14.4 Å². The first kappa shape index (κ1) is 16.5. The van der Waals surface area contributed by atoms with E-state index in [4.69, 9.17) is 4.74 Å². The zero-order valence-electron chi connectivity index (χ0n) is 12.3. The van der Waals surface area contributed by atoms with Crippen LogP contribution in [0, 0.1) is 6.92 Å². The van der Waals surface area contributed by atoms with Gasteiger partial charge in [0.05, 0.1) is 30.2 Å². The Morgan fingerprint density at radius 1 is 1.23 bits per heavy atom. The Kier molecular flexibility index (Phi) is 4.87. The van der Waals surface area contributed by atoms with Crippen LogP contribution in [0.2, 0.25) is 0 Å². The summed E-state index contributed by atoms with van der Waals surface area (Å²) in [6.07, 6.45) is -4.36. The van der Waals surface area contributed by atoms with Crippen molar-refractivity contribution in [2.24, 2.45) is 0 Å². The summed E-state index contributed by atoms with van der Waals surface area (Å²) >= 11 is 0. The third-order valence-electron chi connectivity index (χ3n) is 3.41. The molecule has 0 spiro atoms. The van der Waals surface area contributed by atoms with Crippen LogP contribution in [-0.2, 0) is 24.1 Å². The predicted molar refractivity (Wildman–Crippen MR) is 75.2 cm³/mol. The van der Waals surface area contributed by atoms with Crippen molar-refractivity contribution in [1.29, 1.82) is 0 Å². The first-order valence-electron chi connectivity index (χ1n) is 6.72. The van der Waals surface area contributed by atoms with Crippen molar-refractivity contribution in [3.63, 3.8) is 0 Å². The van der Waals surface area contributed by atoms with Crippen LogP contribution < -0.4 is 0 Å². The molecule has 0 amide bonds. The van der Waals surface area contributed by atoms with Crippen molar-refractivity contribution in [1.82, 2.24) is 9.55 Å². The van der Waals surface area contributed by atoms with Crippen molar-refractivity contribution in [3.8, 4) is 11.4 Å². The van der Waals surface area contributed by atoms with Gasteiger partial charge in [-0.05, 0) is 19.1 Å². The van der Waals surface area contributed by atoms with E-state index in [1.165, 1.54) is 12.1 Å². The lowest BCUT2D eigenvalue weighted by molar-refractivity contribution is -0.137. The molecule has 0 atom stereocenters. The van der Waals surface area contributed by atoms with Gasteiger partial charge in [0.1, 0.15) is 5.82 Å². The van der Waals surface area contributed by atoms with Gasteiger partial charge in [0.2, 0.25) is 0 Å². The van der Waals surface area contributed by atoms with Crippen LogP contribution in [-0.4, -0.2) is 28.4 Å². The molecule has 1 aromatic carbocycles. The van der Waals surface area contributed by atoms with Crippen LogP contribution in [0.4, 0.5) is 13.2 Å². The number of aryl methyl sites for hydroxylation is 1. The van der Waals surface area contributed by atoms with E-state index in [9.17, 15) is 18.3 Å². The summed E-state index contributed by atoms with van der Waals surface area (Å²) in [5, 5.41) is 9.46. The van der Waals surface area contributed by atoms with E-state index in [1.54, 1.807) is 18.6 Å². The zero-order valence-corrected chi connectivity index (χ0v) is 12.3. The van der Waals surface area contributed by atoms with E-state index in [0.717, 1.165) is 12.1 Å². The maximum atomic E-state index is 12.6. The SMILES string of the molecule is COCCn1c(-c2ccc(C(F)(F)F)cc2)nc(C)c1CO. The third kappa shape index (κ3) is 3.31. The average molecular weight is 314 g/mol. The van der Waals surface area contributed by atoms with E-state index < -0.39 is 11.7 Å². The fourth-order valence-corrected chi connectivity index (χ4v) is 2.26. The summed E-state index contributed by atoms with van der Waals surface area (Å²) < 4.78 is 44.7. The molecule has 2 aromatic rings. The van der Waals surface area contributed by atoms with E-state index in [1.807, 2.05) is 0 Å². The van der Waals surface area contributed by atoms with Gasteiger partial charge in [-0.2, -0.15) is 13.2 Å². The maximum Gasteiger partial charge on any atom is 0.416 e. The number of aliphatic hydroxyl groups is 1. The molecule has 7 heteroatoms. The fraction of sp³-hybridized carbons (Fsp3) is 0.400. The van der Waals surface area contributed by atoms with E-state index >= 15 is 0 Å². The Labute approximate surface area is 126 Å². The molecule has 1 N–H and O–H groups in total. The highest BCUT2D eigenvalue weighted by molar-refractivity contribution is 5.57. The van der Waals surface area contributed by atoms with Crippen molar-refractivity contribution in [3.05, 3.63) is 41.2 Å². The molecule has 2 rings (SSSR count). The van der Waals surface area contributed by atoms with Gasteiger partial charge in [0.15, 0.2) is 0 Å². The number of nitrogens with zero attached hydrogens (tertiary/aromatic N) is 2. The Hall–Kier alpha value is -1.86. The van der Waals surface area contributed by atoms with E-state index in [2.05, 4.69) is 4.98 Å². The molecule has 0 radical (unpaired) electrons. The van der Waals surface area contributed by atoms with Crippen LogP contribution >= 0.6 is 0 Å². The number of halogens is 3. The smallest absolute Gasteiger partial charge is 0.390 e. The van der Waals surface area contributed by atoms with Gasteiger partial charge in [-0.15, -0.1) is 0 Å². The molecule has 0 aliphatic rings. The normalized spacial score (nSPS) is 11.9. The predicted octanol–water partition coefficient (Wildman–Crippen LogP) is 3.02. The molecule has 0 aliphatic heterocycles. The van der Waals surface area contributed by atoms with Gasteiger partial charge in [-0.1, -0.05) is 12.1 Å². The number of rotatable bonds is 5. The summed E-state index contributed by atoms with van der Waals surface area (Å²) in [6, 6.07) is 4.82. The summed E-state index contributed by atoms with van der Waals surface area (Å²) in [7, 11) is 1.56. The number of alkyl halides is 3. The Bertz CT molecular complexity index is 633. The lowest BCUT2D eigenvalue weighted by Crippen LogP contribution is -2.10. The van der Waals surface area contributed by atoms with Gasteiger partial charge in [0.25, 0.3) is 0 Å². The molecule has 120 valence electrons. The van der Waals surface area contributed by atoms with Gasteiger partial charge in [-0.3, -0.25) is 0 Å². The fourth-order valence-electron chi connectivity index (χ4n) is 2.26. The van der Waals surface area contributed by atoms with Crippen LogP contribution in [0.1, 0.15) is 17.0 Å². The third-order valence-corrected chi connectivity index (χ3v) is 3.41. The number of methoxy groups -OCH3 is 1. The molecule has 0 bridgehead atoms. The van der Waals surface area contributed by atoms with Crippen molar-refractivity contribution in [2.75, 3.05) is 13.7 Å². The molecule has 0 saturated heterocycles. The highest BCUT2D eigenvalue weighted by Gasteiger charge is 2.30.